The number of aryl methyl sites for hydroxylation is 1. The molecule has 0 bridgehead atoms. The number of hydrogen-bond donors (Lipinski definition) is 0. The quantitative estimate of drug-likeness (QED) is 0.440. The monoisotopic (exact) mass is 399 g/mol. The molecule has 148 valence electrons. The van der Waals surface area contributed by atoms with Gasteiger partial charge < -0.3 is 4.57 Å². The second kappa shape index (κ2) is 7.53. The van der Waals surface area contributed by atoms with Gasteiger partial charge in [0.05, 0.1) is 17.0 Å². The predicted molar refractivity (Wildman–Crippen MR) is 110 cm³/mol. The summed E-state index contributed by atoms with van der Waals surface area (Å²) in [6.45, 7) is 8.96. The fourth-order valence-corrected chi connectivity index (χ4v) is 4.75. The van der Waals surface area contributed by atoms with Gasteiger partial charge in [-0.25, -0.2) is 0 Å². The van der Waals surface area contributed by atoms with Crippen LogP contribution in [0.15, 0.2) is 53.4 Å². The molecule has 3 aromatic rings. The summed E-state index contributed by atoms with van der Waals surface area (Å²) >= 11 is 0. The van der Waals surface area contributed by atoms with Gasteiger partial charge in [0.25, 0.3) is 10.1 Å². The molecule has 3 rings (SSSR count). The van der Waals surface area contributed by atoms with Crippen molar-refractivity contribution in [1.29, 1.82) is 0 Å². The standard InChI is InChI=1S/C22H25NO4S/c1-14-10-12-19(13-11-14)28(25,26)27-18(5)15(2)23-16(3)22(17(4)24)20-8-6-7-9-21(20)23/h6-13,15,18H,1-5H3. The van der Waals surface area contributed by atoms with E-state index in [-0.39, 0.29) is 16.7 Å². The van der Waals surface area contributed by atoms with E-state index in [0.717, 1.165) is 22.2 Å². The van der Waals surface area contributed by atoms with E-state index in [1.165, 1.54) is 0 Å². The van der Waals surface area contributed by atoms with E-state index in [9.17, 15) is 13.2 Å². The van der Waals surface area contributed by atoms with Crippen molar-refractivity contribution >= 4 is 26.8 Å². The van der Waals surface area contributed by atoms with Crippen LogP contribution >= 0.6 is 0 Å². The number of para-hydroxylation sites is 1. The fourth-order valence-electron chi connectivity index (χ4n) is 3.61. The summed E-state index contributed by atoms with van der Waals surface area (Å²) in [4.78, 5) is 12.3. The Kier molecular flexibility index (Phi) is 5.46. The van der Waals surface area contributed by atoms with Gasteiger partial charge in [0.1, 0.15) is 0 Å². The number of carbonyl (C=O) groups excluding carboxylic acids is 1. The molecule has 0 radical (unpaired) electrons. The van der Waals surface area contributed by atoms with E-state index in [1.54, 1.807) is 38.1 Å². The number of aromatic nitrogens is 1. The normalized spacial score (nSPS) is 14.2. The lowest BCUT2D eigenvalue weighted by Gasteiger charge is -2.24. The highest BCUT2D eigenvalue weighted by Gasteiger charge is 2.27. The first-order chi connectivity index (χ1) is 13.1. The van der Waals surface area contributed by atoms with Crippen LogP contribution in [0.5, 0.6) is 0 Å². The van der Waals surface area contributed by atoms with Crippen LogP contribution < -0.4 is 0 Å². The lowest BCUT2D eigenvalue weighted by Crippen LogP contribution is -2.26. The maximum Gasteiger partial charge on any atom is 0.297 e. The molecule has 2 aromatic carbocycles. The average Bonchev–Trinajstić information content (AvgIpc) is 2.93. The summed E-state index contributed by atoms with van der Waals surface area (Å²) in [7, 11) is -3.89. The Labute approximate surface area is 166 Å². The second-order valence-corrected chi connectivity index (χ2v) is 8.78. The number of Topliss-reactive ketones (excluding diaryl/α,β-unsaturated/α-hetero) is 1. The van der Waals surface area contributed by atoms with Gasteiger partial charge in [-0.1, -0.05) is 35.9 Å². The van der Waals surface area contributed by atoms with Crippen LogP contribution in [-0.4, -0.2) is 24.9 Å². The number of fused-ring (bicyclic) bond motifs is 1. The van der Waals surface area contributed by atoms with Gasteiger partial charge in [-0.05, 0) is 52.8 Å². The fraction of sp³-hybridized carbons (Fsp3) is 0.318. The SMILES string of the molecule is CC(=O)c1c(C)n(C(C)C(C)OS(=O)(=O)c2ccc(C)cc2)c2ccccc12. The summed E-state index contributed by atoms with van der Waals surface area (Å²) in [6, 6.07) is 13.9. The first-order valence-corrected chi connectivity index (χ1v) is 10.6. The Morgan fingerprint density at radius 1 is 1.00 bits per heavy atom. The summed E-state index contributed by atoms with van der Waals surface area (Å²) in [5, 5.41) is 0.868. The maximum atomic E-state index is 12.7. The molecule has 5 nitrogen and oxygen atoms in total. The van der Waals surface area contributed by atoms with Crippen LogP contribution in [0.4, 0.5) is 0 Å². The molecule has 0 N–H and O–H groups in total. The molecule has 0 aliphatic rings. The van der Waals surface area contributed by atoms with Crippen molar-refractivity contribution in [3.05, 3.63) is 65.4 Å². The van der Waals surface area contributed by atoms with Crippen LogP contribution in [-0.2, 0) is 14.3 Å². The largest absolute Gasteiger partial charge is 0.339 e. The molecule has 1 heterocycles. The van der Waals surface area contributed by atoms with Gasteiger partial charge in [0.15, 0.2) is 5.78 Å². The molecule has 2 unspecified atom stereocenters. The van der Waals surface area contributed by atoms with Crippen molar-refractivity contribution in [2.45, 2.75) is 51.7 Å². The van der Waals surface area contributed by atoms with Gasteiger partial charge in [-0.15, -0.1) is 0 Å². The predicted octanol–water partition coefficient (Wildman–Crippen LogP) is 4.82. The molecule has 0 saturated carbocycles. The van der Waals surface area contributed by atoms with Crippen LogP contribution in [0, 0.1) is 13.8 Å². The zero-order chi connectivity index (χ0) is 20.6. The van der Waals surface area contributed by atoms with Crippen molar-refractivity contribution in [3.63, 3.8) is 0 Å². The Hall–Kier alpha value is -2.44. The summed E-state index contributed by atoms with van der Waals surface area (Å²) in [6.07, 6.45) is -0.624. The highest BCUT2D eigenvalue weighted by molar-refractivity contribution is 7.86. The third-order valence-electron chi connectivity index (χ3n) is 5.18. The number of ketones is 1. The highest BCUT2D eigenvalue weighted by Crippen LogP contribution is 2.32. The minimum Gasteiger partial charge on any atom is -0.339 e. The van der Waals surface area contributed by atoms with Gasteiger partial charge in [-0.2, -0.15) is 8.42 Å². The molecule has 1 aromatic heterocycles. The molecule has 2 atom stereocenters. The van der Waals surface area contributed by atoms with Crippen LogP contribution in [0.25, 0.3) is 10.9 Å². The lowest BCUT2D eigenvalue weighted by molar-refractivity contribution is 0.101. The van der Waals surface area contributed by atoms with Crippen molar-refractivity contribution in [1.82, 2.24) is 4.57 Å². The number of carbonyl (C=O) groups is 1. The van der Waals surface area contributed by atoms with Gasteiger partial charge >= 0.3 is 0 Å². The van der Waals surface area contributed by atoms with Crippen molar-refractivity contribution < 1.29 is 17.4 Å². The summed E-state index contributed by atoms with van der Waals surface area (Å²) in [5.74, 6) is -0.0134. The van der Waals surface area contributed by atoms with Crippen LogP contribution in [0.1, 0.15) is 48.4 Å². The minimum absolute atomic E-state index is 0.0134. The molecule has 6 heteroatoms. The van der Waals surface area contributed by atoms with E-state index in [1.807, 2.05) is 49.6 Å². The van der Waals surface area contributed by atoms with E-state index in [0.29, 0.717) is 5.56 Å². The number of nitrogens with zero attached hydrogens (tertiary/aromatic N) is 1. The molecular formula is C22H25NO4S. The number of rotatable bonds is 6. The molecule has 0 saturated heterocycles. The van der Waals surface area contributed by atoms with E-state index in [2.05, 4.69) is 0 Å². The molecule has 28 heavy (non-hydrogen) atoms. The molecule has 0 amide bonds. The van der Waals surface area contributed by atoms with Gasteiger partial charge in [0, 0.05) is 22.2 Å². The van der Waals surface area contributed by atoms with Crippen molar-refractivity contribution in [3.8, 4) is 0 Å². The van der Waals surface area contributed by atoms with Crippen LogP contribution in [0.3, 0.4) is 0 Å². The third-order valence-corrected chi connectivity index (χ3v) is 6.59. The Bertz CT molecular complexity index is 1130. The van der Waals surface area contributed by atoms with Crippen molar-refractivity contribution in [2.75, 3.05) is 0 Å². The highest BCUT2D eigenvalue weighted by atomic mass is 32.2. The molecule has 0 fully saturated rings. The van der Waals surface area contributed by atoms with E-state index >= 15 is 0 Å². The van der Waals surface area contributed by atoms with Crippen LogP contribution in [0.2, 0.25) is 0 Å². The zero-order valence-corrected chi connectivity index (χ0v) is 17.6. The Balaban J connectivity index is 1.98. The number of benzene rings is 2. The smallest absolute Gasteiger partial charge is 0.297 e. The van der Waals surface area contributed by atoms with Gasteiger partial charge in [-0.3, -0.25) is 8.98 Å². The molecule has 0 aliphatic carbocycles. The van der Waals surface area contributed by atoms with Gasteiger partial charge in [0.2, 0.25) is 0 Å². The lowest BCUT2D eigenvalue weighted by atomic mass is 10.1. The van der Waals surface area contributed by atoms with E-state index in [4.69, 9.17) is 4.18 Å². The average molecular weight is 400 g/mol. The maximum absolute atomic E-state index is 12.7. The second-order valence-electron chi connectivity index (χ2n) is 7.21. The zero-order valence-electron chi connectivity index (χ0n) is 16.8. The summed E-state index contributed by atoms with van der Waals surface area (Å²) in [5.41, 5.74) is 3.34. The first-order valence-electron chi connectivity index (χ1n) is 9.24. The first kappa shape index (κ1) is 20.3. The molecule has 0 spiro atoms. The number of hydrogen-bond acceptors (Lipinski definition) is 4. The topological polar surface area (TPSA) is 65.4 Å². The Morgan fingerprint density at radius 3 is 2.21 bits per heavy atom. The Morgan fingerprint density at radius 2 is 1.61 bits per heavy atom. The summed E-state index contributed by atoms with van der Waals surface area (Å²) < 4.78 is 32.8. The van der Waals surface area contributed by atoms with Crippen molar-refractivity contribution in [2.24, 2.45) is 0 Å². The third kappa shape index (κ3) is 3.62. The van der Waals surface area contributed by atoms with E-state index < -0.39 is 16.2 Å². The molecular weight excluding hydrogens is 374 g/mol. The minimum atomic E-state index is -3.89. The molecule has 0 aliphatic heterocycles.